The molecule has 0 aliphatic carbocycles. The van der Waals surface area contributed by atoms with E-state index in [-0.39, 0.29) is 0 Å². The second kappa shape index (κ2) is 9.58. The average Bonchev–Trinajstić information content (AvgIpc) is 2.71. The van der Waals surface area contributed by atoms with Crippen LogP contribution in [-0.4, -0.2) is 33.3 Å². The van der Waals surface area contributed by atoms with Crippen LogP contribution in [0.3, 0.4) is 0 Å². The summed E-state index contributed by atoms with van der Waals surface area (Å²) in [6.07, 6.45) is 3.82. The van der Waals surface area contributed by atoms with Crippen molar-refractivity contribution >= 4 is 0 Å². The molecule has 3 rings (SSSR count). The Morgan fingerprint density at radius 3 is 2.43 bits per heavy atom. The van der Waals surface area contributed by atoms with Gasteiger partial charge in [0, 0.05) is 24.3 Å². The predicted octanol–water partition coefficient (Wildman–Crippen LogP) is 2.32. The summed E-state index contributed by atoms with van der Waals surface area (Å²) in [6.45, 7) is 8.44. The number of benzene rings is 2. The van der Waals surface area contributed by atoms with Crippen LogP contribution < -0.4 is 15.0 Å². The van der Waals surface area contributed by atoms with Gasteiger partial charge < -0.3 is 15.0 Å². The van der Waals surface area contributed by atoms with Crippen LogP contribution in [0.5, 0.6) is 5.75 Å². The van der Waals surface area contributed by atoms with E-state index >= 15 is 0 Å². The first kappa shape index (κ1) is 20.9. The van der Waals surface area contributed by atoms with E-state index in [1.54, 1.807) is 12.0 Å². The molecule has 28 heavy (non-hydrogen) atoms. The number of ether oxygens (including phenoxy) is 1. The van der Waals surface area contributed by atoms with E-state index in [4.69, 9.17) is 4.74 Å². The van der Waals surface area contributed by atoms with Gasteiger partial charge in [-0.15, -0.1) is 0 Å². The highest BCUT2D eigenvalue weighted by Gasteiger charge is 2.44. The fourth-order valence-corrected chi connectivity index (χ4v) is 4.99. The molecule has 1 aliphatic rings. The minimum absolute atomic E-state index is 0.413. The maximum atomic E-state index is 5.26. The van der Waals surface area contributed by atoms with Gasteiger partial charge in [0.1, 0.15) is 12.3 Å². The van der Waals surface area contributed by atoms with Gasteiger partial charge in [-0.25, -0.2) is 0 Å². The Balaban J connectivity index is 1.63. The highest BCUT2D eigenvalue weighted by atomic mass is 16.5. The summed E-state index contributed by atoms with van der Waals surface area (Å²) in [5.74, 6) is 1.68. The van der Waals surface area contributed by atoms with Crippen molar-refractivity contribution in [2.24, 2.45) is 11.3 Å². The van der Waals surface area contributed by atoms with Crippen molar-refractivity contribution in [3.63, 3.8) is 0 Å². The normalized spacial score (nSPS) is 27.5. The Bertz CT molecular complexity index is 715. The molecule has 1 fully saturated rings. The summed E-state index contributed by atoms with van der Waals surface area (Å²) in [5, 5.41) is 2.48. The molecular weight excluding hydrogens is 344 g/mol. The highest BCUT2D eigenvalue weighted by molar-refractivity contribution is 5.26. The number of likely N-dealkylation sites (tertiary alicyclic amines) is 1. The van der Waals surface area contributed by atoms with E-state index in [1.165, 1.54) is 43.5 Å². The number of quaternary nitrogens is 2. The van der Waals surface area contributed by atoms with Crippen LogP contribution in [-0.2, 0) is 13.0 Å². The fraction of sp³-hybridized carbons (Fsp3) is 0.520. The Morgan fingerprint density at radius 2 is 1.75 bits per heavy atom. The molecule has 4 atom stereocenters. The lowest BCUT2D eigenvalue weighted by molar-refractivity contribution is -0.916. The maximum absolute atomic E-state index is 5.26. The number of methoxy groups -OCH3 is 1. The van der Waals surface area contributed by atoms with E-state index in [2.05, 4.69) is 80.8 Å². The largest absolute Gasteiger partial charge is 0.497 e. The SMILES string of the molecule is COc1ccc(C[NH2+]CC[C@@]2(Cc3ccccc3)C[C@H](C)[NH+](C)C[C@H]2C)cc1. The molecule has 3 nitrogen and oxygen atoms in total. The third kappa shape index (κ3) is 5.15. The van der Waals surface area contributed by atoms with Gasteiger partial charge in [-0.2, -0.15) is 0 Å². The zero-order chi connectivity index (χ0) is 20.0. The molecule has 0 bridgehead atoms. The summed E-state index contributed by atoms with van der Waals surface area (Å²) in [6, 6.07) is 20.3. The molecule has 2 aromatic rings. The van der Waals surface area contributed by atoms with Crippen LogP contribution in [0.1, 0.15) is 37.8 Å². The number of piperidine rings is 1. The summed E-state index contributed by atoms with van der Waals surface area (Å²) in [5.41, 5.74) is 3.28. The minimum atomic E-state index is 0.413. The van der Waals surface area contributed by atoms with Crippen molar-refractivity contribution in [2.75, 3.05) is 27.2 Å². The maximum Gasteiger partial charge on any atom is 0.118 e. The average molecular weight is 383 g/mol. The molecule has 0 saturated carbocycles. The van der Waals surface area contributed by atoms with Gasteiger partial charge in [0.05, 0.1) is 33.3 Å². The molecule has 3 N–H and O–H groups in total. The van der Waals surface area contributed by atoms with E-state index < -0.39 is 0 Å². The minimum Gasteiger partial charge on any atom is -0.497 e. The number of hydrogen-bond acceptors (Lipinski definition) is 1. The number of hydrogen-bond donors (Lipinski definition) is 2. The third-order valence-corrected chi connectivity index (χ3v) is 7.01. The van der Waals surface area contributed by atoms with Crippen molar-refractivity contribution in [3.8, 4) is 5.75 Å². The van der Waals surface area contributed by atoms with Crippen LogP contribution >= 0.6 is 0 Å². The van der Waals surface area contributed by atoms with E-state index in [0.717, 1.165) is 24.3 Å². The summed E-state index contributed by atoms with van der Waals surface area (Å²) in [7, 11) is 4.09. The van der Waals surface area contributed by atoms with Gasteiger partial charge in [0.25, 0.3) is 0 Å². The van der Waals surface area contributed by atoms with Crippen LogP contribution in [0.4, 0.5) is 0 Å². The van der Waals surface area contributed by atoms with Gasteiger partial charge in [-0.3, -0.25) is 0 Å². The monoisotopic (exact) mass is 382 g/mol. The molecular formula is C25H38N2O+2. The van der Waals surface area contributed by atoms with Gasteiger partial charge in [-0.1, -0.05) is 37.3 Å². The summed E-state index contributed by atoms with van der Waals surface area (Å²) in [4.78, 5) is 1.69. The first-order valence-electron chi connectivity index (χ1n) is 10.8. The standard InChI is InChI=1S/C25H36N2O/c1-20-19-27(3)21(2)16-25(20,17-22-8-6-5-7-9-22)14-15-26-18-23-10-12-24(28-4)13-11-23/h5-13,20-21,26H,14-19H2,1-4H3/p+2/t20-,21+,25+/m1/s1. The number of nitrogens with one attached hydrogen (secondary N) is 1. The molecule has 0 aromatic heterocycles. The lowest BCUT2D eigenvalue weighted by atomic mass is 9.63. The Kier molecular flexibility index (Phi) is 7.14. The first-order valence-corrected chi connectivity index (χ1v) is 10.8. The molecule has 0 amide bonds. The second-order valence-corrected chi connectivity index (χ2v) is 8.96. The number of nitrogens with two attached hydrogens (primary N) is 1. The topological polar surface area (TPSA) is 30.3 Å². The molecule has 2 aromatic carbocycles. The van der Waals surface area contributed by atoms with Crippen molar-refractivity contribution in [2.45, 2.75) is 45.7 Å². The Hall–Kier alpha value is -1.84. The van der Waals surface area contributed by atoms with E-state index in [9.17, 15) is 0 Å². The van der Waals surface area contributed by atoms with Crippen molar-refractivity contribution in [1.82, 2.24) is 0 Å². The molecule has 152 valence electrons. The molecule has 3 heteroatoms. The highest BCUT2D eigenvalue weighted by Crippen LogP contribution is 2.40. The first-order chi connectivity index (χ1) is 13.5. The van der Waals surface area contributed by atoms with Gasteiger partial charge >= 0.3 is 0 Å². The molecule has 1 aliphatic heterocycles. The van der Waals surface area contributed by atoms with Crippen molar-refractivity contribution < 1.29 is 15.0 Å². The summed E-state index contributed by atoms with van der Waals surface area (Å²) >= 11 is 0. The Morgan fingerprint density at radius 1 is 1.04 bits per heavy atom. The van der Waals surface area contributed by atoms with Gasteiger partial charge in [0.2, 0.25) is 0 Å². The van der Waals surface area contributed by atoms with Crippen molar-refractivity contribution in [3.05, 3.63) is 65.7 Å². The van der Waals surface area contributed by atoms with Crippen LogP contribution in [0.25, 0.3) is 0 Å². The van der Waals surface area contributed by atoms with E-state index in [0.29, 0.717) is 5.41 Å². The zero-order valence-electron chi connectivity index (χ0n) is 18.1. The molecule has 1 unspecified atom stereocenters. The number of rotatable bonds is 8. The lowest BCUT2D eigenvalue weighted by Gasteiger charge is -2.47. The van der Waals surface area contributed by atoms with Gasteiger partial charge in [-0.05, 0) is 48.6 Å². The lowest BCUT2D eigenvalue weighted by Crippen LogP contribution is -3.15. The van der Waals surface area contributed by atoms with Crippen LogP contribution in [0.2, 0.25) is 0 Å². The molecule has 0 radical (unpaired) electrons. The molecule has 0 spiro atoms. The molecule has 1 saturated heterocycles. The second-order valence-electron chi connectivity index (χ2n) is 8.96. The predicted molar refractivity (Wildman–Crippen MR) is 116 cm³/mol. The molecule has 1 heterocycles. The van der Waals surface area contributed by atoms with E-state index in [1.807, 2.05) is 0 Å². The quantitative estimate of drug-likeness (QED) is 0.675. The van der Waals surface area contributed by atoms with Crippen molar-refractivity contribution in [1.29, 1.82) is 0 Å². The zero-order valence-corrected chi connectivity index (χ0v) is 18.1. The Labute approximate surface area is 171 Å². The van der Waals surface area contributed by atoms with Crippen LogP contribution in [0, 0.1) is 11.3 Å². The fourth-order valence-electron chi connectivity index (χ4n) is 4.99. The smallest absolute Gasteiger partial charge is 0.118 e. The third-order valence-electron chi connectivity index (χ3n) is 7.01. The van der Waals surface area contributed by atoms with Gasteiger partial charge in [0.15, 0.2) is 0 Å². The summed E-state index contributed by atoms with van der Waals surface area (Å²) < 4.78 is 5.26. The van der Waals surface area contributed by atoms with Crippen LogP contribution in [0.15, 0.2) is 54.6 Å².